The number of hydrogen-bond donors (Lipinski definition) is 1. The summed E-state index contributed by atoms with van der Waals surface area (Å²) in [4.78, 5) is 0. The molecule has 1 aromatic carbocycles. The predicted molar refractivity (Wildman–Crippen MR) is 87.4 cm³/mol. The first-order chi connectivity index (χ1) is 10.2. The van der Waals surface area contributed by atoms with Crippen LogP contribution in [0.1, 0.15) is 70.4 Å². The number of hydrogen-bond acceptors (Lipinski definition) is 2. The molecule has 0 aromatic heterocycles. The zero-order valence-corrected chi connectivity index (χ0v) is 13.8. The Balaban J connectivity index is 2.52. The molecule has 0 bridgehead atoms. The van der Waals surface area contributed by atoms with Crippen molar-refractivity contribution in [1.82, 2.24) is 5.32 Å². The van der Waals surface area contributed by atoms with Crippen molar-refractivity contribution >= 4 is 0 Å². The lowest BCUT2D eigenvalue weighted by molar-refractivity contribution is 0.384. The number of halogens is 1. The lowest BCUT2D eigenvalue weighted by Crippen LogP contribution is -2.21. The second-order valence-electron chi connectivity index (χ2n) is 5.56. The zero-order valence-electron chi connectivity index (χ0n) is 13.8. The van der Waals surface area contributed by atoms with Gasteiger partial charge in [0.25, 0.3) is 0 Å². The summed E-state index contributed by atoms with van der Waals surface area (Å²) in [5.74, 6) is 0.0365. The number of nitrogens with one attached hydrogen (secondary N) is 1. The molecule has 0 aliphatic rings. The molecule has 0 spiro atoms. The second kappa shape index (κ2) is 10.6. The van der Waals surface area contributed by atoms with Crippen molar-refractivity contribution in [3.8, 4) is 5.75 Å². The van der Waals surface area contributed by atoms with Gasteiger partial charge in [0, 0.05) is 6.04 Å². The van der Waals surface area contributed by atoms with Crippen molar-refractivity contribution in [2.24, 2.45) is 0 Å². The Hall–Kier alpha value is -1.09. The minimum absolute atomic E-state index is 0.288. The van der Waals surface area contributed by atoms with Gasteiger partial charge in [-0.25, -0.2) is 4.39 Å². The first kappa shape index (κ1) is 18.0. The van der Waals surface area contributed by atoms with Crippen LogP contribution in [0.4, 0.5) is 4.39 Å². The first-order valence-electron chi connectivity index (χ1n) is 8.29. The number of unbranched alkanes of at least 4 members (excludes halogenated alkanes) is 5. The van der Waals surface area contributed by atoms with Gasteiger partial charge in [0.1, 0.15) is 0 Å². The highest BCUT2D eigenvalue weighted by atomic mass is 19.1. The van der Waals surface area contributed by atoms with Crippen molar-refractivity contribution in [3.63, 3.8) is 0 Å². The fourth-order valence-corrected chi connectivity index (χ4v) is 2.65. The van der Waals surface area contributed by atoms with Crippen LogP contribution in [0.25, 0.3) is 0 Å². The Bertz CT molecular complexity index is 395. The summed E-state index contributed by atoms with van der Waals surface area (Å²) in [6.45, 7) is 5.26. The molecule has 2 nitrogen and oxygen atoms in total. The van der Waals surface area contributed by atoms with Gasteiger partial charge in [-0.3, -0.25) is 0 Å². The van der Waals surface area contributed by atoms with Crippen LogP contribution in [0.3, 0.4) is 0 Å². The van der Waals surface area contributed by atoms with Gasteiger partial charge >= 0.3 is 0 Å². The molecule has 1 atom stereocenters. The number of methoxy groups -OCH3 is 1. The molecular formula is C18H30FNO. The molecule has 1 unspecified atom stereocenters. The van der Waals surface area contributed by atoms with E-state index in [1.807, 2.05) is 12.1 Å². The molecule has 1 N–H and O–H groups in total. The van der Waals surface area contributed by atoms with Gasteiger partial charge in [-0.1, -0.05) is 58.4 Å². The Morgan fingerprint density at radius 3 is 2.48 bits per heavy atom. The molecule has 0 heterocycles. The van der Waals surface area contributed by atoms with Gasteiger partial charge in [0.05, 0.1) is 7.11 Å². The molecule has 3 heteroatoms. The van der Waals surface area contributed by atoms with Gasteiger partial charge in [-0.2, -0.15) is 0 Å². The summed E-state index contributed by atoms with van der Waals surface area (Å²) in [6.07, 6.45) is 8.86. The molecule has 120 valence electrons. The maximum absolute atomic E-state index is 13.5. The van der Waals surface area contributed by atoms with Crippen LogP contribution < -0.4 is 10.1 Å². The molecule has 0 saturated heterocycles. The molecule has 0 saturated carbocycles. The quantitative estimate of drug-likeness (QED) is 0.564. The molecule has 0 radical (unpaired) electrons. The standard InChI is InChI=1S/C18H30FNO/c1-4-6-7-8-9-10-11-17(20-5-2)15-12-13-16(19)18(14-15)21-3/h12-14,17,20H,4-11H2,1-3H3. The van der Waals surface area contributed by atoms with Crippen molar-refractivity contribution in [2.45, 2.75) is 64.8 Å². The average Bonchev–Trinajstić information content (AvgIpc) is 2.50. The van der Waals surface area contributed by atoms with Crippen LogP contribution in [0.5, 0.6) is 5.75 Å². The van der Waals surface area contributed by atoms with Crippen LogP contribution in [0, 0.1) is 5.82 Å². The van der Waals surface area contributed by atoms with E-state index in [4.69, 9.17) is 4.74 Å². The third-order valence-corrected chi connectivity index (χ3v) is 3.87. The summed E-state index contributed by atoms with van der Waals surface area (Å²) in [7, 11) is 1.51. The minimum atomic E-state index is -0.295. The van der Waals surface area contributed by atoms with Crippen LogP contribution in [0.15, 0.2) is 18.2 Å². The summed E-state index contributed by atoms with van der Waals surface area (Å²) in [5.41, 5.74) is 1.11. The Kier molecular flexibility index (Phi) is 9.07. The third kappa shape index (κ3) is 6.47. The second-order valence-corrected chi connectivity index (χ2v) is 5.56. The average molecular weight is 295 g/mol. The Labute approximate surface area is 129 Å². The summed E-state index contributed by atoms with van der Waals surface area (Å²) < 4.78 is 18.6. The number of ether oxygens (including phenoxy) is 1. The number of benzene rings is 1. The van der Waals surface area contributed by atoms with Crippen LogP contribution >= 0.6 is 0 Å². The van der Waals surface area contributed by atoms with Gasteiger partial charge in [-0.15, -0.1) is 0 Å². The van der Waals surface area contributed by atoms with Crippen LogP contribution in [-0.2, 0) is 0 Å². The minimum Gasteiger partial charge on any atom is -0.494 e. The van der Waals surface area contributed by atoms with Gasteiger partial charge in [-0.05, 0) is 30.7 Å². The van der Waals surface area contributed by atoms with E-state index in [1.165, 1.54) is 51.7 Å². The smallest absolute Gasteiger partial charge is 0.165 e. The van der Waals surface area contributed by atoms with Gasteiger partial charge < -0.3 is 10.1 Å². The van der Waals surface area contributed by atoms with E-state index >= 15 is 0 Å². The summed E-state index contributed by atoms with van der Waals surface area (Å²) in [6, 6.07) is 5.47. The van der Waals surface area contributed by atoms with E-state index in [0.29, 0.717) is 5.75 Å². The molecule has 1 rings (SSSR count). The fraction of sp³-hybridized carbons (Fsp3) is 0.667. The van der Waals surface area contributed by atoms with E-state index in [0.717, 1.165) is 18.5 Å². The highest BCUT2D eigenvalue weighted by Gasteiger charge is 2.12. The Morgan fingerprint density at radius 2 is 1.81 bits per heavy atom. The van der Waals surface area contributed by atoms with E-state index in [-0.39, 0.29) is 11.9 Å². The maximum Gasteiger partial charge on any atom is 0.165 e. The molecule has 0 aliphatic carbocycles. The van der Waals surface area contributed by atoms with E-state index in [9.17, 15) is 4.39 Å². The lowest BCUT2D eigenvalue weighted by Gasteiger charge is -2.19. The van der Waals surface area contributed by atoms with Gasteiger partial charge in [0.15, 0.2) is 11.6 Å². The maximum atomic E-state index is 13.5. The van der Waals surface area contributed by atoms with Crippen molar-refractivity contribution in [2.75, 3.05) is 13.7 Å². The highest BCUT2D eigenvalue weighted by Crippen LogP contribution is 2.26. The Morgan fingerprint density at radius 1 is 1.10 bits per heavy atom. The zero-order chi connectivity index (χ0) is 15.5. The monoisotopic (exact) mass is 295 g/mol. The largest absolute Gasteiger partial charge is 0.494 e. The van der Waals surface area contributed by atoms with E-state index < -0.39 is 0 Å². The molecule has 0 aliphatic heterocycles. The lowest BCUT2D eigenvalue weighted by atomic mass is 9.99. The SMILES string of the molecule is CCCCCCCCC(NCC)c1ccc(F)c(OC)c1. The molecular weight excluding hydrogens is 265 g/mol. The van der Waals surface area contributed by atoms with E-state index in [1.54, 1.807) is 0 Å². The third-order valence-electron chi connectivity index (χ3n) is 3.87. The number of rotatable bonds is 11. The highest BCUT2D eigenvalue weighted by molar-refractivity contribution is 5.32. The van der Waals surface area contributed by atoms with Crippen LogP contribution in [-0.4, -0.2) is 13.7 Å². The van der Waals surface area contributed by atoms with Crippen LogP contribution in [0.2, 0.25) is 0 Å². The summed E-state index contributed by atoms with van der Waals surface area (Å²) >= 11 is 0. The van der Waals surface area contributed by atoms with Crippen molar-refractivity contribution in [3.05, 3.63) is 29.6 Å². The van der Waals surface area contributed by atoms with Crippen molar-refractivity contribution < 1.29 is 9.13 Å². The van der Waals surface area contributed by atoms with Crippen molar-refractivity contribution in [1.29, 1.82) is 0 Å². The molecule has 0 amide bonds. The fourth-order valence-electron chi connectivity index (χ4n) is 2.65. The summed E-state index contributed by atoms with van der Waals surface area (Å²) in [5, 5.41) is 3.49. The molecule has 1 aromatic rings. The topological polar surface area (TPSA) is 21.3 Å². The van der Waals surface area contributed by atoms with Gasteiger partial charge in [0.2, 0.25) is 0 Å². The molecule has 0 fully saturated rings. The first-order valence-corrected chi connectivity index (χ1v) is 8.29. The molecule has 21 heavy (non-hydrogen) atoms. The predicted octanol–water partition coefficient (Wildman–Crippen LogP) is 5.24. The normalized spacial score (nSPS) is 12.4. The van der Waals surface area contributed by atoms with E-state index in [2.05, 4.69) is 19.2 Å².